The van der Waals surface area contributed by atoms with Gasteiger partial charge < -0.3 is 19.9 Å². The van der Waals surface area contributed by atoms with Gasteiger partial charge in [0, 0.05) is 40.1 Å². The van der Waals surface area contributed by atoms with Crippen molar-refractivity contribution in [3.05, 3.63) is 74.8 Å². The summed E-state index contributed by atoms with van der Waals surface area (Å²) >= 11 is 1.66. The summed E-state index contributed by atoms with van der Waals surface area (Å²) in [4.78, 5) is 27.8. The maximum absolute atomic E-state index is 13.5. The van der Waals surface area contributed by atoms with E-state index in [1.165, 1.54) is 4.88 Å². The largest absolute Gasteiger partial charge is 0.508 e. The van der Waals surface area contributed by atoms with Gasteiger partial charge in [0.25, 0.3) is 0 Å². The molecule has 2 heterocycles. The molecule has 0 saturated heterocycles. The maximum atomic E-state index is 13.5. The Balaban J connectivity index is 1.68. The third-order valence-electron chi connectivity index (χ3n) is 5.96. The first-order valence-electron chi connectivity index (χ1n) is 11.2. The Morgan fingerprint density at radius 2 is 2.03 bits per heavy atom. The fourth-order valence-electron chi connectivity index (χ4n) is 4.57. The van der Waals surface area contributed by atoms with Gasteiger partial charge in [-0.25, -0.2) is 4.79 Å². The molecule has 1 aliphatic carbocycles. The Kier molecular flexibility index (Phi) is 7.00. The Morgan fingerprint density at radius 1 is 1.21 bits per heavy atom. The zero-order chi connectivity index (χ0) is 23.5. The van der Waals surface area contributed by atoms with Gasteiger partial charge in [0.15, 0.2) is 5.78 Å². The molecule has 0 amide bonds. The normalized spacial score (nSPS) is 20.7. The van der Waals surface area contributed by atoms with Crippen LogP contribution in [0.25, 0.3) is 0 Å². The molecular weight excluding hydrogens is 438 g/mol. The molecule has 4 rings (SSSR count). The van der Waals surface area contributed by atoms with E-state index in [4.69, 9.17) is 9.47 Å². The molecule has 0 saturated carbocycles. The number of carbonyl (C=O) groups excluding carboxylic acids is 2. The summed E-state index contributed by atoms with van der Waals surface area (Å²) in [6.07, 6.45) is 1.13. The number of dihydropyridines is 1. The smallest absolute Gasteiger partial charge is 0.336 e. The van der Waals surface area contributed by atoms with Crippen LogP contribution in [0.15, 0.2) is 64.3 Å². The van der Waals surface area contributed by atoms with Crippen molar-refractivity contribution >= 4 is 23.1 Å². The molecular formula is C26H29NO5S. The van der Waals surface area contributed by atoms with Crippen molar-refractivity contribution in [2.75, 3.05) is 13.2 Å². The lowest BCUT2D eigenvalue weighted by molar-refractivity contribution is -0.141. The first kappa shape index (κ1) is 23.3. The Labute approximate surface area is 197 Å². The molecule has 174 valence electrons. The van der Waals surface area contributed by atoms with Crippen molar-refractivity contribution in [1.29, 1.82) is 0 Å². The van der Waals surface area contributed by atoms with Gasteiger partial charge in [0.2, 0.25) is 0 Å². The molecule has 7 heteroatoms. The number of phenolic OH excluding ortho intramolecular Hbond substituents is 1. The predicted molar refractivity (Wildman–Crippen MR) is 127 cm³/mol. The second-order valence-electron chi connectivity index (χ2n) is 8.68. The van der Waals surface area contributed by atoms with Crippen LogP contribution in [-0.4, -0.2) is 36.2 Å². The van der Waals surface area contributed by atoms with Crippen LogP contribution in [0.2, 0.25) is 0 Å². The summed E-state index contributed by atoms with van der Waals surface area (Å²) < 4.78 is 11.0. The van der Waals surface area contributed by atoms with E-state index in [1.807, 2.05) is 38.3 Å². The van der Waals surface area contributed by atoms with Crippen molar-refractivity contribution in [3.8, 4) is 5.75 Å². The lowest BCUT2D eigenvalue weighted by Crippen LogP contribution is -2.36. The molecule has 2 aromatic rings. The highest BCUT2D eigenvalue weighted by Gasteiger charge is 2.41. The summed E-state index contributed by atoms with van der Waals surface area (Å²) in [7, 11) is 0. The minimum atomic E-state index is -0.594. The van der Waals surface area contributed by atoms with Gasteiger partial charge in [-0.05, 0) is 56.3 Å². The number of esters is 1. The maximum Gasteiger partial charge on any atom is 0.336 e. The number of ketones is 1. The van der Waals surface area contributed by atoms with Crippen molar-refractivity contribution in [3.63, 3.8) is 0 Å². The SMILES string of the molecule is CC1=C(C(=O)OCCOC(C)C)[C@H](c2cccc(O)c2)C2=C(C[C@@H](c3cccs3)CC2=O)N1. The van der Waals surface area contributed by atoms with Gasteiger partial charge in [-0.15, -0.1) is 11.3 Å². The minimum absolute atomic E-state index is 0.0106. The molecule has 2 atom stereocenters. The number of thiophene rings is 1. The number of ether oxygens (including phenoxy) is 2. The van der Waals surface area contributed by atoms with Gasteiger partial charge in [-0.3, -0.25) is 4.79 Å². The molecule has 33 heavy (non-hydrogen) atoms. The van der Waals surface area contributed by atoms with Crippen molar-refractivity contribution in [2.24, 2.45) is 0 Å². The van der Waals surface area contributed by atoms with Crippen LogP contribution in [0.4, 0.5) is 0 Å². The minimum Gasteiger partial charge on any atom is -0.508 e. The second kappa shape index (κ2) is 9.93. The summed E-state index contributed by atoms with van der Waals surface area (Å²) in [5, 5.41) is 15.5. The summed E-state index contributed by atoms with van der Waals surface area (Å²) in [6, 6.07) is 10.8. The van der Waals surface area contributed by atoms with Crippen molar-refractivity contribution < 1.29 is 24.2 Å². The fraction of sp³-hybridized carbons (Fsp3) is 0.385. The second-order valence-corrected chi connectivity index (χ2v) is 9.66. The molecule has 0 radical (unpaired) electrons. The van der Waals surface area contributed by atoms with Crippen molar-refractivity contribution in [1.82, 2.24) is 5.32 Å². The highest BCUT2D eigenvalue weighted by Crippen LogP contribution is 2.46. The first-order valence-corrected chi connectivity index (χ1v) is 12.1. The van der Waals surface area contributed by atoms with E-state index in [1.54, 1.807) is 29.5 Å². The van der Waals surface area contributed by atoms with E-state index in [2.05, 4.69) is 11.4 Å². The van der Waals surface area contributed by atoms with E-state index >= 15 is 0 Å². The molecule has 0 fully saturated rings. The zero-order valence-corrected chi connectivity index (χ0v) is 19.9. The van der Waals surface area contributed by atoms with Crippen LogP contribution >= 0.6 is 11.3 Å². The molecule has 0 unspecified atom stereocenters. The summed E-state index contributed by atoms with van der Waals surface area (Å²) in [5.41, 5.74) is 3.18. The van der Waals surface area contributed by atoms with E-state index in [9.17, 15) is 14.7 Å². The molecule has 0 bridgehead atoms. The lowest BCUT2D eigenvalue weighted by Gasteiger charge is -2.36. The molecule has 0 spiro atoms. The number of benzene rings is 1. The Hall–Kier alpha value is -2.90. The Morgan fingerprint density at radius 3 is 2.73 bits per heavy atom. The van der Waals surface area contributed by atoms with E-state index in [-0.39, 0.29) is 30.2 Å². The van der Waals surface area contributed by atoms with Gasteiger partial charge in [0.05, 0.1) is 18.3 Å². The van der Waals surface area contributed by atoms with E-state index < -0.39 is 11.9 Å². The highest BCUT2D eigenvalue weighted by molar-refractivity contribution is 7.10. The van der Waals surface area contributed by atoms with Crippen LogP contribution in [0.5, 0.6) is 5.75 Å². The molecule has 2 aliphatic rings. The highest BCUT2D eigenvalue weighted by atomic mass is 32.1. The third kappa shape index (κ3) is 5.04. The van der Waals surface area contributed by atoms with Crippen LogP contribution in [0, 0.1) is 0 Å². The molecule has 6 nitrogen and oxygen atoms in total. The Bertz CT molecular complexity index is 1100. The van der Waals surface area contributed by atoms with Crippen LogP contribution in [-0.2, 0) is 19.1 Å². The lowest BCUT2D eigenvalue weighted by atomic mass is 9.72. The van der Waals surface area contributed by atoms with Gasteiger partial charge >= 0.3 is 5.97 Å². The van der Waals surface area contributed by atoms with Gasteiger partial charge in [0.1, 0.15) is 12.4 Å². The average molecular weight is 468 g/mol. The van der Waals surface area contributed by atoms with Gasteiger partial charge in [-0.2, -0.15) is 0 Å². The summed E-state index contributed by atoms with van der Waals surface area (Å²) in [6.45, 7) is 6.10. The van der Waals surface area contributed by atoms with Crippen LogP contribution in [0.3, 0.4) is 0 Å². The number of Topliss-reactive ketones (excluding diaryl/α,β-unsaturated/α-hetero) is 1. The predicted octanol–water partition coefficient (Wildman–Crippen LogP) is 4.78. The quantitative estimate of drug-likeness (QED) is 0.450. The van der Waals surface area contributed by atoms with E-state index in [0.717, 1.165) is 5.70 Å². The number of rotatable bonds is 7. The number of carbonyl (C=O) groups is 2. The first-order chi connectivity index (χ1) is 15.8. The average Bonchev–Trinajstić information content (AvgIpc) is 3.30. The number of nitrogens with one attached hydrogen (secondary N) is 1. The third-order valence-corrected chi connectivity index (χ3v) is 7.00. The number of allylic oxidation sites excluding steroid dienone is 3. The number of phenols is 1. The zero-order valence-electron chi connectivity index (χ0n) is 19.1. The fourth-order valence-corrected chi connectivity index (χ4v) is 5.40. The van der Waals surface area contributed by atoms with Crippen LogP contribution < -0.4 is 5.32 Å². The van der Waals surface area contributed by atoms with Crippen LogP contribution in [0.1, 0.15) is 55.9 Å². The topological polar surface area (TPSA) is 84.9 Å². The molecule has 2 N–H and O–H groups in total. The molecule has 1 aromatic heterocycles. The standard InChI is InChI=1S/C26H29NO5S/c1-15(2)31-9-10-32-26(30)23-16(3)27-20-13-18(22-8-5-11-33-22)14-21(29)25(20)24(23)17-6-4-7-19(28)12-17/h4-8,11-12,15,18,24,27-28H,9-10,13-14H2,1-3H3/t18-,24+/m1/s1. The van der Waals surface area contributed by atoms with Crippen molar-refractivity contribution in [2.45, 2.75) is 51.6 Å². The monoisotopic (exact) mass is 467 g/mol. The van der Waals surface area contributed by atoms with Gasteiger partial charge in [-0.1, -0.05) is 18.2 Å². The molecule has 1 aliphatic heterocycles. The summed E-state index contributed by atoms with van der Waals surface area (Å²) in [5.74, 6) is -0.868. The number of hydrogen-bond acceptors (Lipinski definition) is 7. The van der Waals surface area contributed by atoms with E-state index in [0.29, 0.717) is 41.9 Å². The number of aromatic hydroxyl groups is 1. The number of hydrogen-bond donors (Lipinski definition) is 2. The molecule has 1 aromatic carbocycles.